The monoisotopic (exact) mass is 333 g/mol. The molecule has 3 unspecified atom stereocenters. The first-order chi connectivity index (χ1) is 8.92. The van der Waals surface area contributed by atoms with E-state index in [1.54, 1.807) is 0 Å². The third kappa shape index (κ3) is 2.50. The molecule has 1 fully saturated rings. The van der Waals surface area contributed by atoms with E-state index in [0.717, 1.165) is 18.9 Å². The van der Waals surface area contributed by atoms with Gasteiger partial charge in [-0.1, -0.05) is 13.8 Å². The number of ether oxygens (including phenoxy) is 1. The van der Waals surface area contributed by atoms with E-state index in [4.69, 9.17) is 4.74 Å². The second-order valence-corrected chi connectivity index (χ2v) is 6.10. The molecule has 0 aromatic heterocycles. The van der Waals surface area contributed by atoms with E-state index in [-0.39, 0.29) is 17.3 Å². The quantitative estimate of drug-likeness (QED) is 0.902. The van der Waals surface area contributed by atoms with Gasteiger partial charge in [0.1, 0.15) is 11.9 Å². The molecule has 3 atom stereocenters. The Hall–Kier alpha value is -0.680. The summed E-state index contributed by atoms with van der Waals surface area (Å²) in [4.78, 5) is 0. The summed E-state index contributed by atoms with van der Waals surface area (Å²) in [7, 11) is 1.92. The number of nitrogens with one attached hydrogen (secondary N) is 1. The number of benzene rings is 1. The van der Waals surface area contributed by atoms with Gasteiger partial charge in [-0.05, 0) is 35.5 Å². The molecular formula is C14H18BrF2NO. The van der Waals surface area contributed by atoms with Crippen molar-refractivity contribution in [3.8, 4) is 5.75 Å². The Morgan fingerprint density at radius 3 is 2.68 bits per heavy atom. The molecule has 0 aliphatic heterocycles. The molecule has 1 N–H and O–H groups in total. The summed E-state index contributed by atoms with van der Waals surface area (Å²) in [6.07, 6.45) is 1.69. The molecule has 0 saturated heterocycles. The maximum absolute atomic E-state index is 13.8. The van der Waals surface area contributed by atoms with Gasteiger partial charge in [0.15, 0.2) is 11.6 Å². The van der Waals surface area contributed by atoms with Gasteiger partial charge in [-0.15, -0.1) is 0 Å². The van der Waals surface area contributed by atoms with Crippen molar-refractivity contribution in [2.75, 3.05) is 7.05 Å². The molecule has 0 amide bonds. The van der Waals surface area contributed by atoms with Crippen LogP contribution in [0.5, 0.6) is 5.75 Å². The van der Waals surface area contributed by atoms with Gasteiger partial charge >= 0.3 is 0 Å². The van der Waals surface area contributed by atoms with E-state index in [0.29, 0.717) is 10.5 Å². The number of rotatable bonds is 4. The van der Waals surface area contributed by atoms with Crippen LogP contribution in [0.2, 0.25) is 0 Å². The second kappa shape index (κ2) is 5.37. The Labute approximate surface area is 120 Å². The Morgan fingerprint density at radius 2 is 2.16 bits per heavy atom. The SMILES string of the molecule is CCC1(C)C(NC)CC1Oc1c(F)cc(F)cc1Br. The van der Waals surface area contributed by atoms with Crippen molar-refractivity contribution >= 4 is 15.9 Å². The first-order valence-electron chi connectivity index (χ1n) is 6.40. The number of hydrogen-bond acceptors (Lipinski definition) is 2. The van der Waals surface area contributed by atoms with Gasteiger partial charge < -0.3 is 10.1 Å². The zero-order chi connectivity index (χ0) is 14.2. The Balaban J connectivity index is 2.19. The minimum absolute atomic E-state index is 0.0327. The van der Waals surface area contributed by atoms with Gasteiger partial charge in [0.05, 0.1) is 4.47 Å². The van der Waals surface area contributed by atoms with Gasteiger partial charge in [-0.3, -0.25) is 0 Å². The van der Waals surface area contributed by atoms with Gasteiger partial charge in [0, 0.05) is 23.9 Å². The van der Waals surface area contributed by atoms with Gasteiger partial charge in [0.25, 0.3) is 0 Å². The van der Waals surface area contributed by atoms with Crippen molar-refractivity contribution in [1.29, 1.82) is 0 Å². The van der Waals surface area contributed by atoms with Crippen LogP contribution in [0.4, 0.5) is 8.78 Å². The van der Waals surface area contributed by atoms with Crippen molar-refractivity contribution in [3.05, 3.63) is 28.2 Å². The normalized spacial score (nSPS) is 30.0. The van der Waals surface area contributed by atoms with E-state index < -0.39 is 11.6 Å². The molecule has 1 aliphatic rings. The lowest BCUT2D eigenvalue weighted by Crippen LogP contribution is -2.62. The molecule has 1 aromatic rings. The predicted octanol–water partition coefficient (Wildman–Crippen LogP) is 3.88. The zero-order valence-electron chi connectivity index (χ0n) is 11.3. The lowest BCUT2D eigenvalue weighted by Gasteiger charge is -2.53. The summed E-state index contributed by atoms with van der Waals surface area (Å²) in [5, 5.41) is 3.25. The van der Waals surface area contributed by atoms with Crippen molar-refractivity contribution in [2.45, 2.75) is 38.8 Å². The highest BCUT2D eigenvalue weighted by Gasteiger charge is 2.51. The topological polar surface area (TPSA) is 21.3 Å². The zero-order valence-corrected chi connectivity index (χ0v) is 12.9. The Morgan fingerprint density at radius 1 is 1.47 bits per heavy atom. The molecule has 5 heteroatoms. The molecule has 2 rings (SSSR count). The van der Waals surface area contributed by atoms with Gasteiger partial charge in [-0.25, -0.2) is 8.78 Å². The Kier molecular flexibility index (Phi) is 4.16. The fourth-order valence-electron chi connectivity index (χ4n) is 2.70. The molecule has 1 saturated carbocycles. The van der Waals surface area contributed by atoms with Crippen molar-refractivity contribution in [3.63, 3.8) is 0 Å². The molecular weight excluding hydrogens is 316 g/mol. The van der Waals surface area contributed by atoms with Crippen molar-refractivity contribution in [2.24, 2.45) is 5.41 Å². The van der Waals surface area contributed by atoms with Crippen LogP contribution in [0, 0.1) is 17.0 Å². The molecule has 0 radical (unpaired) electrons. The lowest BCUT2D eigenvalue weighted by atomic mass is 9.61. The second-order valence-electron chi connectivity index (χ2n) is 5.24. The van der Waals surface area contributed by atoms with E-state index in [1.807, 2.05) is 7.05 Å². The van der Waals surface area contributed by atoms with Crippen LogP contribution in [0.3, 0.4) is 0 Å². The largest absolute Gasteiger partial charge is 0.485 e. The maximum Gasteiger partial charge on any atom is 0.169 e. The maximum atomic E-state index is 13.8. The summed E-state index contributed by atoms with van der Waals surface area (Å²) in [5.41, 5.74) is -0.0327. The van der Waals surface area contributed by atoms with Gasteiger partial charge in [-0.2, -0.15) is 0 Å². The molecule has 1 aliphatic carbocycles. The van der Waals surface area contributed by atoms with E-state index >= 15 is 0 Å². The third-order valence-corrected chi connectivity index (χ3v) is 4.90. The summed E-state index contributed by atoms with van der Waals surface area (Å²) < 4.78 is 32.9. The fraction of sp³-hybridized carbons (Fsp3) is 0.571. The highest BCUT2D eigenvalue weighted by molar-refractivity contribution is 9.10. The van der Waals surface area contributed by atoms with Crippen LogP contribution < -0.4 is 10.1 Å². The molecule has 1 aromatic carbocycles. The van der Waals surface area contributed by atoms with Crippen LogP contribution in [-0.4, -0.2) is 19.2 Å². The first kappa shape index (κ1) is 14.7. The van der Waals surface area contributed by atoms with Gasteiger partial charge in [0.2, 0.25) is 0 Å². The predicted molar refractivity (Wildman–Crippen MR) is 74.3 cm³/mol. The molecule has 19 heavy (non-hydrogen) atoms. The summed E-state index contributed by atoms with van der Waals surface area (Å²) in [6, 6.07) is 2.43. The van der Waals surface area contributed by atoms with Crippen LogP contribution in [-0.2, 0) is 0 Å². The fourth-order valence-corrected chi connectivity index (χ4v) is 3.21. The number of halogens is 3. The lowest BCUT2D eigenvalue weighted by molar-refractivity contribution is -0.0697. The summed E-state index contributed by atoms with van der Waals surface area (Å²) >= 11 is 3.15. The smallest absolute Gasteiger partial charge is 0.169 e. The molecule has 0 spiro atoms. The van der Waals surface area contributed by atoms with Crippen LogP contribution >= 0.6 is 15.9 Å². The van der Waals surface area contributed by atoms with E-state index in [1.165, 1.54) is 6.07 Å². The van der Waals surface area contributed by atoms with E-state index in [9.17, 15) is 8.78 Å². The third-order valence-electron chi connectivity index (χ3n) is 4.31. The highest BCUT2D eigenvalue weighted by Crippen LogP contribution is 2.47. The first-order valence-corrected chi connectivity index (χ1v) is 7.20. The van der Waals surface area contributed by atoms with Crippen LogP contribution in [0.15, 0.2) is 16.6 Å². The average Bonchev–Trinajstić information content (AvgIpc) is 2.35. The molecule has 106 valence electrons. The van der Waals surface area contributed by atoms with Crippen molar-refractivity contribution in [1.82, 2.24) is 5.32 Å². The van der Waals surface area contributed by atoms with E-state index in [2.05, 4.69) is 35.1 Å². The minimum atomic E-state index is -0.668. The Bertz CT molecular complexity index is 460. The molecule has 0 heterocycles. The van der Waals surface area contributed by atoms with Crippen LogP contribution in [0.25, 0.3) is 0 Å². The molecule has 0 bridgehead atoms. The number of hydrogen-bond donors (Lipinski definition) is 1. The molecule has 2 nitrogen and oxygen atoms in total. The minimum Gasteiger partial charge on any atom is -0.485 e. The van der Waals surface area contributed by atoms with Crippen LogP contribution in [0.1, 0.15) is 26.7 Å². The standard InChI is InChI=1S/C14H18BrF2NO/c1-4-14(2)11(18-3)7-12(14)19-13-9(15)5-8(16)6-10(13)17/h5-6,11-12,18H,4,7H2,1-3H3. The summed E-state index contributed by atoms with van der Waals surface area (Å²) in [6.45, 7) is 4.22. The van der Waals surface area contributed by atoms with Crippen molar-refractivity contribution < 1.29 is 13.5 Å². The highest BCUT2D eigenvalue weighted by atomic mass is 79.9. The summed E-state index contributed by atoms with van der Waals surface area (Å²) in [5.74, 6) is -1.18. The average molecular weight is 334 g/mol.